The van der Waals surface area contributed by atoms with Crippen LogP contribution in [0.1, 0.15) is 22.8 Å². The van der Waals surface area contributed by atoms with Crippen molar-refractivity contribution < 1.29 is 4.57 Å². The third kappa shape index (κ3) is 6.47. The fraction of sp³-hybridized carbons (Fsp3) is 0. The summed E-state index contributed by atoms with van der Waals surface area (Å²) in [5.41, 5.74) is 13.3. The molecule has 9 rings (SSSR count). The summed E-state index contributed by atoms with van der Waals surface area (Å²) in [7, 11) is 0. The van der Waals surface area contributed by atoms with E-state index in [2.05, 4.69) is 46.4 Å². The van der Waals surface area contributed by atoms with Crippen LogP contribution in [0.25, 0.3) is 90.9 Å². The van der Waals surface area contributed by atoms with Crippen LogP contribution in [0.2, 0.25) is 0 Å². The van der Waals surface area contributed by atoms with Gasteiger partial charge in [0.25, 0.3) is 5.85 Å². The minimum absolute atomic E-state index is 0. The van der Waals surface area contributed by atoms with Crippen LogP contribution in [-0.4, -0.2) is 19.9 Å². The Bertz CT molecular complexity index is 2770. The summed E-state index contributed by atoms with van der Waals surface area (Å²) in [6.45, 7) is 0. The zero-order chi connectivity index (χ0) is 35.2. The largest absolute Gasteiger partial charge is 0.354 e. The number of nitrogens with one attached hydrogen (secondary N) is 2. The number of hydrogen-bond donors (Lipinski definition) is 2. The van der Waals surface area contributed by atoms with E-state index in [1.165, 1.54) is 0 Å². The number of halogens is 3. The van der Waals surface area contributed by atoms with Gasteiger partial charge in [0.1, 0.15) is 0 Å². The summed E-state index contributed by atoms with van der Waals surface area (Å²) < 4.78 is 13.8. The van der Waals surface area contributed by atoms with Crippen LogP contribution in [0.3, 0.4) is 0 Å². The Labute approximate surface area is 322 Å². The van der Waals surface area contributed by atoms with Gasteiger partial charge in [0.2, 0.25) is 0 Å². The first-order valence-electron chi connectivity index (χ1n) is 16.8. The van der Waals surface area contributed by atoms with Gasteiger partial charge >= 0.3 is 0 Å². The lowest BCUT2D eigenvalue weighted by atomic mass is 10.0. The van der Waals surface area contributed by atoms with Crippen molar-refractivity contribution in [2.75, 3.05) is 0 Å². The lowest BCUT2D eigenvalue weighted by Gasteiger charge is -2.08. The van der Waals surface area contributed by atoms with Gasteiger partial charge < -0.3 is 9.97 Å². The smallest absolute Gasteiger partial charge is 0.284 e. The second-order valence-corrected chi connectivity index (χ2v) is 17.4. The average molecular weight is 768 g/mol. The molecule has 7 aromatic rings. The molecule has 0 unspecified atom stereocenters. The molecule has 2 N–H and O–H groups in total. The normalized spacial score (nSPS) is 12.1. The van der Waals surface area contributed by atoms with Crippen molar-refractivity contribution >= 4 is 92.4 Å². The molecule has 3 aromatic heterocycles. The maximum absolute atomic E-state index is 13.8. The van der Waals surface area contributed by atoms with E-state index < -0.39 is 5.85 Å². The Morgan fingerprint density at radius 3 is 1.15 bits per heavy atom. The van der Waals surface area contributed by atoms with Gasteiger partial charge in [-0.3, -0.25) is 4.57 Å². The van der Waals surface area contributed by atoms with Crippen molar-refractivity contribution in [3.8, 4) is 44.5 Å². The number of aromatic nitrogens is 4. The molecule has 5 nitrogen and oxygen atoms in total. The van der Waals surface area contributed by atoms with Crippen LogP contribution in [0, 0.1) is 0 Å². The van der Waals surface area contributed by atoms with Gasteiger partial charge in [-0.25, -0.2) is 9.97 Å². The van der Waals surface area contributed by atoms with E-state index in [0.29, 0.717) is 22.0 Å². The molecule has 0 spiro atoms. The molecular formula is C44H30Cl3N4OP. The van der Waals surface area contributed by atoms with E-state index in [0.717, 1.165) is 72.6 Å². The zero-order valence-corrected chi connectivity index (χ0v) is 31.2. The van der Waals surface area contributed by atoms with Crippen molar-refractivity contribution in [2.24, 2.45) is 0 Å². The van der Waals surface area contributed by atoms with E-state index in [-0.39, 0.29) is 12.4 Å². The second-order valence-electron chi connectivity index (χ2n) is 12.6. The van der Waals surface area contributed by atoms with Gasteiger partial charge in [-0.05, 0) is 87.2 Å². The number of fused-ring (bicyclic) bond motifs is 8. The van der Waals surface area contributed by atoms with E-state index in [1.807, 2.05) is 121 Å². The molecule has 0 saturated carbocycles. The molecule has 2 aliphatic heterocycles. The average Bonchev–Trinajstić information content (AvgIpc) is 4.00. The lowest BCUT2D eigenvalue weighted by molar-refractivity contribution is 0.597. The quantitative estimate of drug-likeness (QED) is 0.171. The predicted octanol–water partition coefficient (Wildman–Crippen LogP) is 13.0. The van der Waals surface area contributed by atoms with Crippen molar-refractivity contribution in [3.05, 3.63) is 162 Å². The summed E-state index contributed by atoms with van der Waals surface area (Å²) >= 11 is 13.3. The molecule has 53 heavy (non-hydrogen) atoms. The van der Waals surface area contributed by atoms with Gasteiger partial charge in [-0.15, -0.1) is 12.4 Å². The molecule has 0 aliphatic carbocycles. The molecule has 258 valence electrons. The number of benzene rings is 4. The number of H-pyrrole nitrogens is 2. The van der Waals surface area contributed by atoms with E-state index in [4.69, 9.17) is 32.4 Å². The van der Waals surface area contributed by atoms with Gasteiger partial charge in [0, 0.05) is 38.8 Å². The number of nitrogens with zero attached hydrogens (tertiary/aromatic N) is 2. The fourth-order valence-corrected chi connectivity index (χ4v) is 8.61. The first kappa shape index (κ1) is 34.7. The molecule has 0 fully saturated rings. The molecular weight excluding hydrogens is 738 g/mol. The van der Waals surface area contributed by atoms with Crippen molar-refractivity contribution in [3.63, 3.8) is 0 Å². The number of hydrogen-bond acceptors (Lipinski definition) is 3. The SMILES string of the molecule is Cl.O=P(Cl)(Cl)c1cc2[nH]c1c(-c1ccccc1)c1nc(c(-c3ccccc3)c3ccc([nH]3)c(-c3ccccc3)c3nc(c2-c2ccccc2)C=C3)C=C1. The minimum atomic E-state index is -3.87. The summed E-state index contributed by atoms with van der Waals surface area (Å²) in [5.74, 6) is -3.87. The first-order valence-corrected chi connectivity index (χ1v) is 20.4. The van der Waals surface area contributed by atoms with Gasteiger partial charge in [0.15, 0.2) is 0 Å². The van der Waals surface area contributed by atoms with E-state index in [1.54, 1.807) is 6.07 Å². The van der Waals surface area contributed by atoms with Crippen LogP contribution >= 0.6 is 40.7 Å². The highest BCUT2D eigenvalue weighted by Crippen LogP contribution is 2.57. The van der Waals surface area contributed by atoms with Crippen LogP contribution < -0.4 is 5.30 Å². The van der Waals surface area contributed by atoms with Crippen molar-refractivity contribution in [1.29, 1.82) is 0 Å². The first-order chi connectivity index (χ1) is 25.4. The molecule has 0 atom stereocenters. The predicted molar refractivity (Wildman–Crippen MR) is 227 cm³/mol. The van der Waals surface area contributed by atoms with Crippen molar-refractivity contribution in [2.45, 2.75) is 0 Å². The van der Waals surface area contributed by atoms with Crippen LogP contribution in [0.5, 0.6) is 0 Å². The Balaban J connectivity index is 0.00000400. The highest BCUT2D eigenvalue weighted by molar-refractivity contribution is 8.13. The molecule has 4 aromatic carbocycles. The molecule has 8 bridgehead atoms. The Morgan fingerprint density at radius 2 is 0.774 bits per heavy atom. The number of aromatic amines is 2. The Hall–Kier alpha value is -5.42. The summed E-state index contributed by atoms with van der Waals surface area (Å²) in [4.78, 5) is 18.0. The molecule has 2 aliphatic rings. The van der Waals surface area contributed by atoms with Crippen molar-refractivity contribution in [1.82, 2.24) is 19.9 Å². The third-order valence-electron chi connectivity index (χ3n) is 9.38. The zero-order valence-electron chi connectivity index (χ0n) is 28.0. The topological polar surface area (TPSA) is 74.4 Å². The lowest BCUT2D eigenvalue weighted by Crippen LogP contribution is -1.97. The van der Waals surface area contributed by atoms with E-state index in [9.17, 15) is 4.57 Å². The highest BCUT2D eigenvalue weighted by Gasteiger charge is 2.27. The summed E-state index contributed by atoms with van der Waals surface area (Å²) in [5, 5.41) is 0.302. The highest BCUT2D eigenvalue weighted by atomic mass is 35.9. The fourth-order valence-electron chi connectivity index (χ4n) is 7.11. The molecule has 0 saturated heterocycles. The maximum atomic E-state index is 13.8. The number of rotatable bonds is 5. The molecule has 9 heteroatoms. The molecule has 0 radical (unpaired) electrons. The maximum Gasteiger partial charge on any atom is 0.284 e. The monoisotopic (exact) mass is 766 g/mol. The van der Waals surface area contributed by atoms with Gasteiger partial charge in [0.05, 0.1) is 33.6 Å². The van der Waals surface area contributed by atoms with Gasteiger partial charge in [-0.2, -0.15) is 0 Å². The molecule has 0 amide bonds. The Kier molecular flexibility index (Phi) is 9.28. The van der Waals surface area contributed by atoms with Crippen LogP contribution in [0.15, 0.2) is 140 Å². The van der Waals surface area contributed by atoms with Crippen LogP contribution in [-0.2, 0) is 4.57 Å². The minimum Gasteiger partial charge on any atom is -0.354 e. The van der Waals surface area contributed by atoms with Gasteiger partial charge in [-0.1, -0.05) is 121 Å². The third-order valence-corrected chi connectivity index (χ3v) is 11.4. The van der Waals surface area contributed by atoms with E-state index >= 15 is 0 Å². The molecule has 5 heterocycles. The summed E-state index contributed by atoms with van der Waals surface area (Å²) in [6, 6.07) is 46.5. The Morgan fingerprint density at radius 1 is 0.434 bits per heavy atom. The second kappa shape index (κ2) is 14.2. The summed E-state index contributed by atoms with van der Waals surface area (Å²) in [6.07, 6.45) is 8.09. The van der Waals surface area contributed by atoms with Crippen LogP contribution in [0.4, 0.5) is 0 Å². The standard InChI is InChI=1S/C44H29Cl2N4OP.ClH/c45-52(46,51)39-27-38-42(30-17-9-3-10-18-30)36-24-23-34(48-36)40(28-13-5-1-6-14-28)32-21-22-33(47-32)41(29-15-7-2-8-16-29)35-25-26-37(49-35)43(44(39)50-38)31-19-11-4-12-20-31;/h1-27,47,50H;1H.